The molecule has 1 aromatic rings. The Balaban J connectivity index is 2.85. The van der Waals surface area contributed by atoms with E-state index < -0.39 is 26.9 Å². The number of rotatable bonds is 4. The Morgan fingerprint density at radius 1 is 1.47 bits per heavy atom. The molecule has 2 unspecified atom stereocenters. The Hall–Kier alpha value is -0.650. The standard InChI is InChI=1S/C11H15ClFNO2S/c1-7(17(2,15)16)11(14)5-8-3-4-9(12)6-10(8)13/h3-4,6-7,11H,5,14H2,1-2H3. The second-order valence-electron chi connectivity index (χ2n) is 4.14. The Bertz CT molecular complexity index is 504. The van der Waals surface area contributed by atoms with E-state index in [1.807, 2.05) is 0 Å². The molecule has 0 fully saturated rings. The molecule has 0 aliphatic rings. The molecule has 2 N–H and O–H groups in total. The summed E-state index contributed by atoms with van der Waals surface area (Å²) in [5.74, 6) is -0.464. The average Bonchev–Trinajstić information content (AvgIpc) is 2.19. The van der Waals surface area contributed by atoms with E-state index in [1.54, 1.807) is 6.07 Å². The number of benzene rings is 1. The molecule has 0 heterocycles. The van der Waals surface area contributed by atoms with Crippen LogP contribution in [0.15, 0.2) is 18.2 Å². The van der Waals surface area contributed by atoms with E-state index >= 15 is 0 Å². The van der Waals surface area contributed by atoms with Crippen LogP contribution in [0.3, 0.4) is 0 Å². The Kier molecular flexibility index (Phi) is 4.52. The molecular formula is C11H15ClFNO2S. The van der Waals surface area contributed by atoms with Gasteiger partial charge in [-0.25, -0.2) is 12.8 Å². The van der Waals surface area contributed by atoms with Crippen molar-refractivity contribution in [3.05, 3.63) is 34.6 Å². The molecule has 0 aliphatic carbocycles. The van der Waals surface area contributed by atoms with Gasteiger partial charge in [-0.2, -0.15) is 0 Å². The minimum Gasteiger partial charge on any atom is -0.326 e. The Morgan fingerprint density at radius 3 is 2.53 bits per heavy atom. The maximum atomic E-state index is 13.5. The van der Waals surface area contributed by atoms with Crippen LogP contribution in [0.4, 0.5) is 4.39 Å². The molecular weight excluding hydrogens is 265 g/mol. The van der Waals surface area contributed by atoms with Gasteiger partial charge in [-0.1, -0.05) is 17.7 Å². The highest BCUT2D eigenvalue weighted by Gasteiger charge is 2.23. The van der Waals surface area contributed by atoms with Crippen molar-refractivity contribution in [1.29, 1.82) is 0 Å². The molecule has 0 amide bonds. The summed E-state index contributed by atoms with van der Waals surface area (Å²) in [6.45, 7) is 1.52. The Labute approximate surface area is 106 Å². The van der Waals surface area contributed by atoms with Gasteiger partial charge in [-0.15, -0.1) is 0 Å². The quantitative estimate of drug-likeness (QED) is 0.914. The number of nitrogens with two attached hydrogens (primary N) is 1. The lowest BCUT2D eigenvalue weighted by Gasteiger charge is -2.18. The minimum absolute atomic E-state index is 0.164. The number of halogens is 2. The smallest absolute Gasteiger partial charge is 0.151 e. The van der Waals surface area contributed by atoms with E-state index in [0.717, 1.165) is 6.26 Å². The maximum Gasteiger partial charge on any atom is 0.151 e. The molecule has 0 saturated carbocycles. The number of hydrogen-bond acceptors (Lipinski definition) is 3. The highest BCUT2D eigenvalue weighted by molar-refractivity contribution is 7.91. The first-order chi connectivity index (χ1) is 7.71. The first-order valence-electron chi connectivity index (χ1n) is 5.10. The largest absolute Gasteiger partial charge is 0.326 e. The lowest BCUT2D eigenvalue weighted by molar-refractivity contribution is 0.549. The lowest BCUT2D eigenvalue weighted by Crippen LogP contribution is -2.39. The second-order valence-corrected chi connectivity index (χ2v) is 6.98. The van der Waals surface area contributed by atoms with E-state index in [2.05, 4.69) is 0 Å². The van der Waals surface area contributed by atoms with Crippen LogP contribution in [0.5, 0.6) is 0 Å². The van der Waals surface area contributed by atoms with Gasteiger partial charge in [0.15, 0.2) is 9.84 Å². The molecule has 0 bridgehead atoms. The highest BCUT2D eigenvalue weighted by Crippen LogP contribution is 2.17. The van der Waals surface area contributed by atoms with E-state index in [4.69, 9.17) is 17.3 Å². The van der Waals surface area contributed by atoms with Crippen molar-refractivity contribution in [2.24, 2.45) is 5.73 Å². The topological polar surface area (TPSA) is 60.2 Å². The molecule has 0 aromatic heterocycles. The van der Waals surface area contributed by atoms with Crippen LogP contribution >= 0.6 is 11.6 Å². The molecule has 96 valence electrons. The van der Waals surface area contributed by atoms with Gasteiger partial charge in [0.05, 0.1) is 5.25 Å². The summed E-state index contributed by atoms with van der Waals surface area (Å²) in [5.41, 5.74) is 6.14. The van der Waals surface area contributed by atoms with Gasteiger partial charge in [0.25, 0.3) is 0 Å². The van der Waals surface area contributed by atoms with Gasteiger partial charge in [0.2, 0.25) is 0 Å². The summed E-state index contributed by atoms with van der Waals surface area (Å²) in [6, 6.07) is 3.62. The summed E-state index contributed by atoms with van der Waals surface area (Å²) in [4.78, 5) is 0. The average molecular weight is 280 g/mol. The summed E-state index contributed by atoms with van der Waals surface area (Å²) < 4.78 is 36.1. The zero-order chi connectivity index (χ0) is 13.2. The van der Waals surface area contributed by atoms with Crippen molar-refractivity contribution in [2.45, 2.75) is 24.6 Å². The van der Waals surface area contributed by atoms with E-state index in [1.165, 1.54) is 19.1 Å². The first kappa shape index (κ1) is 14.4. The van der Waals surface area contributed by atoms with Crippen LogP contribution in [0, 0.1) is 5.82 Å². The molecule has 1 aromatic carbocycles. The fraction of sp³-hybridized carbons (Fsp3) is 0.455. The molecule has 0 spiro atoms. The highest BCUT2D eigenvalue weighted by atomic mass is 35.5. The maximum absolute atomic E-state index is 13.5. The first-order valence-corrected chi connectivity index (χ1v) is 7.43. The van der Waals surface area contributed by atoms with Gasteiger partial charge >= 0.3 is 0 Å². The number of sulfone groups is 1. The summed E-state index contributed by atoms with van der Waals surface area (Å²) in [6.07, 6.45) is 1.28. The van der Waals surface area contributed by atoms with Gasteiger partial charge in [0, 0.05) is 17.3 Å². The third-order valence-electron chi connectivity index (χ3n) is 2.75. The summed E-state index contributed by atoms with van der Waals surface area (Å²) in [7, 11) is -3.22. The Morgan fingerprint density at radius 2 is 2.06 bits per heavy atom. The van der Waals surface area contributed by atoms with Crippen LogP contribution < -0.4 is 5.73 Å². The molecule has 0 aliphatic heterocycles. The third-order valence-corrected chi connectivity index (χ3v) is 4.68. The van der Waals surface area contributed by atoms with Crippen molar-refractivity contribution in [3.8, 4) is 0 Å². The fourth-order valence-corrected chi connectivity index (χ4v) is 2.31. The summed E-state index contributed by atoms with van der Waals surface area (Å²) in [5, 5.41) is -0.409. The van der Waals surface area contributed by atoms with E-state index in [-0.39, 0.29) is 6.42 Å². The lowest BCUT2D eigenvalue weighted by atomic mass is 10.0. The van der Waals surface area contributed by atoms with Gasteiger partial charge in [-0.3, -0.25) is 0 Å². The normalized spacial score (nSPS) is 15.6. The van der Waals surface area contributed by atoms with Crippen LogP contribution in [0.25, 0.3) is 0 Å². The second kappa shape index (κ2) is 5.33. The predicted octanol–water partition coefficient (Wildman–Crippen LogP) is 1.78. The zero-order valence-corrected chi connectivity index (χ0v) is 11.2. The van der Waals surface area contributed by atoms with Crippen LogP contribution in [0.2, 0.25) is 5.02 Å². The van der Waals surface area contributed by atoms with Crippen LogP contribution in [-0.4, -0.2) is 26.0 Å². The molecule has 2 atom stereocenters. The van der Waals surface area contributed by atoms with Crippen molar-refractivity contribution in [3.63, 3.8) is 0 Å². The van der Waals surface area contributed by atoms with E-state index in [9.17, 15) is 12.8 Å². The number of hydrogen-bond donors (Lipinski definition) is 1. The van der Waals surface area contributed by atoms with Crippen LogP contribution in [-0.2, 0) is 16.3 Å². The predicted molar refractivity (Wildman–Crippen MR) is 67.4 cm³/mol. The van der Waals surface area contributed by atoms with Gasteiger partial charge < -0.3 is 5.73 Å². The molecule has 3 nitrogen and oxygen atoms in total. The molecule has 0 saturated heterocycles. The van der Waals surface area contributed by atoms with Gasteiger partial charge in [0.1, 0.15) is 5.82 Å². The summed E-state index contributed by atoms with van der Waals surface area (Å²) >= 11 is 5.62. The minimum atomic E-state index is -3.22. The molecule has 6 heteroatoms. The van der Waals surface area contributed by atoms with E-state index in [0.29, 0.717) is 10.6 Å². The molecule has 17 heavy (non-hydrogen) atoms. The molecule has 1 rings (SSSR count). The fourth-order valence-electron chi connectivity index (χ4n) is 1.42. The van der Waals surface area contributed by atoms with Crippen LogP contribution in [0.1, 0.15) is 12.5 Å². The third kappa shape index (κ3) is 3.94. The van der Waals surface area contributed by atoms with Crippen molar-refractivity contribution in [1.82, 2.24) is 0 Å². The van der Waals surface area contributed by atoms with Crippen molar-refractivity contribution >= 4 is 21.4 Å². The van der Waals surface area contributed by atoms with Crippen molar-refractivity contribution in [2.75, 3.05) is 6.26 Å². The monoisotopic (exact) mass is 279 g/mol. The molecule has 0 radical (unpaired) electrons. The zero-order valence-electron chi connectivity index (χ0n) is 9.65. The van der Waals surface area contributed by atoms with Crippen molar-refractivity contribution < 1.29 is 12.8 Å². The van der Waals surface area contributed by atoms with Gasteiger partial charge in [-0.05, 0) is 31.0 Å². The SMILES string of the molecule is CC(C(N)Cc1ccc(Cl)cc1F)S(C)(=O)=O.